The van der Waals surface area contributed by atoms with Crippen LogP contribution in [0.2, 0.25) is 0 Å². The average molecular weight is 280 g/mol. The molecule has 1 aromatic rings. The SMILES string of the molecule is COC1C(c2ccccc2)SSC12CCCCC2. The Morgan fingerprint density at radius 1 is 1.11 bits per heavy atom. The lowest BCUT2D eigenvalue weighted by Crippen LogP contribution is -2.40. The van der Waals surface area contributed by atoms with Gasteiger partial charge in [-0.15, -0.1) is 0 Å². The van der Waals surface area contributed by atoms with Crippen LogP contribution in [0.3, 0.4) is 0 Å². The second-order valence-corrected chi connectivity index (χ2v) is 8.05. The monoisotopic (exact) mass is 280 g/mol. The largest absolute Gasteiger partial charge is 0.378 e. The summed E-state index contributed by atoms with van der Waals surface area (Å²) in [5.41, 5.74) is 1.42. The molecule has 98 valence electrons. The Balaban J connectivity index is 1.85. The van der Waals surface area contributed by atoms with Crippen LogP contribution in [0.15, 0.2) is 30.3 Å². The van der Waals surface area contributed by atoms with Crippen LogP contribution in [0.1, 0.15) is 42.9 Å². The predicted octanol–water partition coefficient (Wildman–Crippen LogP) is 4.84. The van der Waals surface area contributed by atoms with Gasteiger partial charge >= 0.3 is 0 Å². The first-order valence-corrected chi connectivity index (χ1v) is 8.99. The third-order valence-corrected chi connectivity index (χ3v) is 7.90. The van der Waals surface area contributed by atoms with E-state index >= 15 is 0 Å². The molecule has 1 aliphatic heterocycles. The van der Waals surface area contributed by atoms with E-state index in [-0.39, 0.29) is 0 Å². The maximum atomic E-state index is 5.93. The van der Waals surface area contributed by atoms with Crippen molar-refractivity contribution in [2.45, 2.75) is 48.2 Å². The summed E-state index contributed by atoms with van der Waals surface area (Å²) in [5.74, 6) is 0. The zero-order chi connectivity index (χ0) is 12.4. The highest BCUT2D eigenvalue weighted by molar-refractivity contribution is 8.77. The van der Waals surface area contributed by atoms with Gasteiger partial charge in [-0.25, -0.2) is 0 Å². The Hall–Kier alpha value is -0.120. The minimum atomic E-state index is 0.371. The molecular formula is C15H20OS2. The average Bonchev–Trinajstić information content (AvgIpc) is 2.78. The van der Waals surface area contributed by atoms with Gasteiger partial charge in [0.05, 0.1) is 16.1 Å². The van der Waals surface area contributed by atoms with Crippen LogP contribution in [0.5, 0.6) is 0 Å². The van der Waals surface area contributed by atoms with Gasteiger partial charge in [-0.05, 0) is 18.4 Å². The molecule has 1 aliphatic carbocycles. The van der Waals surface area contributed by atoms with Gasteiger partial charge in [-0.2, -0.15) is 0 Å². The smallest absolute Gasteiger partial charge is 0.0893 e. The molecule has 1 aromatic carbocycles. The van der Waals surface area contributed by atoms with E-state index in [0.29, 0.717) is 16.1 Å². The summed E-state index contributed by atoms with van der Waals surface area (Å²) >= 11 is 0. The lowest BCUT2D eigenvalue weighted by molar-refractivity contribution is 0.0552. The van der Waals surface area contributed by atoms with Crippen molar-refractivity contribution in [1.82, 2.24) is 0 Å². The van der Waals surface area contributed by atoms with E-state index in [1.165, 1.54) is 37.7 Å². The fraction of sp³-hybridized carbons (Fsp3) is 0.600. The predicted molar refractivity (Wildman–Crippen MR) is 81.0 cm³/mol. The van der Waals surface area contributed by atoms with Gasteiger partial charge < -0.3 is 4.74 Å². The Morgan fingerprint density at radius 3 is 2.50 bits per heavy atom. The summed E-state index contributed by atoms with van der Waals surface area (Å²) < 4.78 is 6.30. The van der Waals surface area contributed by atoms with Crippen molar-refractivity contribution in [2.24, 2.45) is 0 Å². The molecule has 18 heavy (non-hydrogen) atoms. The highest BCUT2D eigenvalue weighted by atomic mass is 33.1. The lowest BCUT2D eigenvalue weighted by atomic mass is 9.81. The standard InChI is InChI=1S/C15H20OS2/c1-16-14-13(12-8-4-2-5-9-12)17-18-15(14)10-6-3-7-11-15/h2,4-5,8-9,13-14H,3,6-7,10-11H2,1H3. The molecule has 2 unspecified atom stereocenters. The van der Waals surface area contributed by atoms with E-state index in [4.69, 9.17) is 4.74 Å². The third kappa shape index (κ3) is 2.21. The van der Waals surface area contributed by atoms with Crippen molar-refractivity contribution in [2.75, 3.05) is 7.11 Å². The van der Waals surface area contributed by atoms with Crippen LogP contribution in [0.4, 0.5) is 0 Å². The maximum Gasteiger partial charge on any atom is 0.0893 e. The summed E-state index contributed by atoms with van der Waals surface area (Å²) in [4.78, 5) is 0. The quantitative estimate of drug-likeness (QED) is 0.717. The van der Waals surface area contributed by atoms with E-state index in [2.05, 4.69) is 41.1 Å². The highest BCUT2D eigenvalue weighted by Gasteiger charge is 2.51. The molecular weight excluding hydrogens is 260 g/mol. The summed E-state index contributed by atoms with van der Waals surface area (Å²) in [6, 6.07) is 10.9. The van der Waals surface area contributed by atoms with Crippen molar-refractivity contribution >= 4 is 21.6 Å². The third-order valence-electron chi connectivity index (χ3n) is 4.19. The van der Waals surface area contributed by atoms with Crippen LogP contribution in [0.25, 0.3) is 0 Å². The molecule has 1 heterocycles. The normalized spacial score (nSPS) is 30.7. The fourth-order valence-corrected chi connectivity index (χ4v) is 7.46. The van der Waals surface area contributed by atoms with E-state index < -0.39 is 0 Å². The molecule has 1 saturated heterocycles. The van der Waals surface area contributed by atoms with Crippen molar-refractivity contribution in [3.63, 3.8) is 0 Å². The summed E-state index contributed by atoms with van der Waals surface area (Å²) in [5, 5.41) is 0.499. The van der Waals surface area contributed by atoms with Gasteiger partial charge in [0, 0.05) is 7.11 Å². The zero-order valence-electron chi connectivity index (χ0n) is 10.8. The van der Waals surface area contributed by atoms with Gasteiger partial charge in [0.2, 0.25) is 0 Å². The summed E-state index contributed by atoms with van der Waals surface area (Å²) in [6.45, 7) is 0. The Bertz CT molecular complexity index is 387. The second kappa shape index (κ2) is 5.48. The molecule has 0 N–H and O–H groups in total. The molecule has 0 radical (unpaired) electrons. The minimum absolute atomic E-state index is 0.371. The topological polar surface area (TPSA) is 9.23 Å². The summed E-state index contributed by atoms with van der Waals surface area (Å²) in [6.07, 6.45) is 7.16. The molecule has 0 amide bonds. The van der Waals surface area contributed by atoms with Crippen molar-refractivity contribution in [3.8, 4) is 0 Å². The van der Waals surface area contributed by atoms with Crippen molar-refractivity contribution in [3.05, 3.63) is 35.9 Å². The van der Waals surface area contributed by atoms with E-state index in [9.17, 15) is 0 Å². The van der Waals surface area contributed by atoms with Crippen LogP contribution in [-0.4, -0.2) is 18.0 Å². The zero-order valence-corrected chi connectivity index (χ0v) is 12.4. The molecule has 2 atom stereocenters. The number of benzene rings is 1. The molecule has 3 rings (SSSR count). The molecule has 2 fully saturated rings. The lowest BCUT2D eigenvalue weighted by Gasteiger charge is -2.37. The number of hydrogen-bond donors (Lipinski definition) is 0. The highest BCUT2D eigenvalue weighted by Crippen LogP contribution is 2.63. The first-order chi connectivity index (χ1) is 8.86. The van der Waals surface area contributed by atoms with Gasteiger partial charge in [0.15, 0.2) is 0 Å². The van der Waals surface area contributed by atoms with Gasteiger partial charge in [0.25, 0.3) is 0 Å². The van der Waals surface area contributed by atoms with Crippen LogP contribution in [0, 0.1) is 0 Å². The molecule has 3 heteroatoms. The maximum absolute atomic E-state index is 5.93. The number of methoxy groups -OCH3 is 1. The molecule has 0 aromatic heterocycles. The van der Waals surface area contributed by atoms with E-state index in [0.717, 1.165) is 0 Å². The minimum Gasteiger partial charge on any atom is -0.378 e. The molecule has 1 nitrogen and oxygen atoms in total. The fourth-order valence-electron chi connectivity index (χ4n) is 3.25. The Kier molecular flexibility index (Phi) is 3.92. The molecule has 1 spiro atoms. The first kappa shape index (κ1) is 12.9. The van der Waals surface area contributed by atoms with Crippen LogP contribution in [-0.2, 0) is 4.74 Å². The van der Waals surface area contributed by atoms with Gasteiger partial charge in [0.1, 0.15) is 0 Å². The molecule has 1 saturated carbocycles. The second-order valence-electron chi connectivity index (χ2n) is 5.29. The number of rotatable bonds is 2. The van der Waals surface area contributed by atoms with Gasteiger partial charge in [-0.1, -0.05) is 71.2 Å². The number of hydrogen-bond acceptors (Lipinski definition) is 3. The van der Waals surface area contributed by atoms with Crippen molar-refractivity contribution < 1.29 is 4.74 Å². The Morgan fingerprint density at radius 2 is 1.83 bits per heavy atom. The van der Waals surface area contributed by atoms with Crippen molar-refractivity contribution in [1.29, 1.82) is 0 Å². The van der Waals surface area contributed by atoms with Crippen LogP contribution < -0.4 is 0 Å². The number of ether oxygens (including phenoxy) is 1. The van der Waals surface area contributed by atoms with E-state index in [1.54, 1.807) is 0 Å². The van der Waals surface area contributed by atoms with E-state index in [1.807, 2.05) is 17.9 Å². The van der Waals surface area contributed by atoms with Gasteiger partial charge in [-0.3, -0.25) is 0 Å². The summed E-state index contributed by atoms with van der Waals surface area (Å²) in [7, 11) is 6.01. The van der Waals surface area contributed by atoms with Crippen LogP contribution >= 0.6 is 21.6 Å². The molecule has 2 aliphatic rings. The molecule has 0 bridgehead atoms. The first-order valence-electron chi connectivity index (χ1n) is 6.78. The Labute approximate surface area is 117 Å².